The van der Waals surface area contributed by atoms with E-state index >= 15 is 0 Å². The molecule has 0 saturated carbocycles. The number of rotatable bonds is 1. The van der Waals surface area contributed by atoms with E-state index in [0.29, 0.717) is 6.42 Å². The molecule has 0 spiro atoms. The minimum absolute atomic E-state index is 0.411. The van der Waals surface area contributed by atoms with Gasteiger partial charge in [-0.15, -0.1) is 0 Å². The lowest BCUT2D eigenvalue weighted by Crippen LogP contribution is -1.84. The van der Waals surface area contributed by atoms with Gasteiger partial charge in [0.1, 0.15) is 4.60 Å². The summed E-state index contributed by atoms with van der Waals surface area (Å²) in [6.45, 7) is 0. The van der Waals surface area contributed by atoms with Crippen LogP contribution in [0.2, 0.25) is 0 Å². The first kappa shape index (κ1) is 7.23. The Morgan fingerprint density at radius 2 is 2.50 bits per heavy atom. The van der Waals surface area contributed by atoms with Crippen LogP contribution in [0.4, 0.5) is 0 Å². The van der Waals surface area contributed by atoms with Crippen LogP contribution < -0.4 is 0 Å². The average molecular weight is 197 g/mol. The SMILES string of the molecule is N#CCc1cccnc1Br. The molecule has 0 bridgehead atoms. The van der Waals surface area contributed by atoms with Crippen molar-refractivity contribution in [3.8, 4) is 6.07 Å². The highest BCUT2D eigenvalue weighted by Gasteiger charge is 1.96. The molecule has 0 aliphatic rings. The Kier molecular flexibility index (Phi) is 2.41. The zero-order valence-corrected chi connectivity index (χ0v) is 6.80. The normalized spacial score (nSPS) is 8.80. The summed E-state index contributed by atoms with van der Waals surface area (Å²) >= 11 is 3.24. The van der Waals surface area contributed by atoms with E-state index in [-0.39, 0.29) is 0 Å². The van der Waals surface area contributed by atoms with E-state index in [9.17, 15) is 0 Å². The number of aromatic nitrogens is 1. The Bertz CT molecular complexity index is 265. The van der Waals surface area contributed by atoms with Gasteiger partial charge >= 0.3 is 0 Å². The fraction of sp³-hybridized carbons (Fsp3) is 0.143. The molecule has 0 aliphatic carbocycles. The van der Waals surface area contributed by atoms with Crippen molar-refractivity contribution in [3.05, 3.63) is 28.5 Å². The summed E-state index contributed by atoms with van der Waals surface area (Å²) in [5.74, 6) is 0. The first-order valence-electron chi connectivity index (χ1n) is 2.81. The molecule has 1 aromatic heterocycles. The number of nitrogens with zero attached hydrogens (tertiary/aromatic N) is 2. The molecule has 50 valence electrons. The lowest BCUT2D eigenvalue weighted by atomic mass is 10.2. The van der Waals surface area contributed by atoms with Crippen molar-refractivity contribution in [1.82, 2.24) is 4.98 Å². The van der Waals surface area contributed by atoms with E-state index in [1.807, 2.05) is 12.1 Å². The fourth-order valence-electron chi connectivity index (χ4n) is 0.636. The first-order chi connectivity index (χ1) is 4.84. The molecule has 10 heavy (non-hydrogen) atoms. The Labute approximate surface area is 67.6 Å². The highest BCUT2D eigenvalue weighted by molar-refractivity contribution is 9.10. The first-order valence-corrected chi connectivity index (χ1v) is 3.60. The standard InChI is InChI=1S/C7H5BrN2/c8-7-6(3-4-9)2-1-5-10-7/h1-2,5H,3H2. The van der Waals surface area contributed by atoms with Crippen LogP contribution in [0.5, 0.6) is 0 Å². The van der Waals surface area contributed by atoms with Crippen LogP contribution in [0, 0.1) is 11.3 Å². The molecule has 0 saturated heterocycles. The van der Waals surface area contributed by atoms with Gasteiger partial charge in [-0.2, -0.15) is 5.26 Å². The fourth-order valence-corrected chi connectivity index (χ4v) is 1.03. The molecule has 1 heterocycles. The molecule has 0 aromatic carbocycles. The van der Waals surface area contributed by atoms with E-state index < -0.39 is 0 Å². The Balaban J connectivity index is 2.94. The maximum absolute atomic E-state index is 8.35. The van der Waals surface area contributed by atoms with E-state index in [1.165, 1.54) is 0 Å². The van der Waals surface area contributed by atoms with Crippen molar-refractivity contribution in [1.29, 1.82) is 5.26 Å². The molecule has 0 unspecified atom stereocenters. The molecule has 2 nitrogen and oxygen atoms in total. The molecule has 0 radical (unpaired) electrons. The third-order valence-electron chi connectivity index (χ3n) is 1.11. The molecular weight excluding hydrogens is 192 g/mol. The summed E-state index contributed by atoms with van der Waals surface area (Å²) in [6.07, 6.45) is 2.10. The zero-order chi connectivity index (χ0) is 7.40. The number of nitriles is 1. The second-order valence-corrected chi connectivity index (χ2v) is 2.54. The zero-order valence-electron chi connectivity index (χ0n) is 5.21. The molecule has 1 aromatic rings. The molecule has 0 aliphatic heterocycles. The highest BCUT2D eigenvalue weighted by atomic mass is 79.9. The van der Waals surface area contributed by atoms with Crippen LogP contribution in [-0.2, 0) is 6.42 Å². The van der Waals surface area contributed by atoms with Crippen molar-refractivity contribution in [3.63, 3.8) is 0 Å². The summed E-state index contributed by atoms with van der Waals surface area (Å²) in [5, 5.41) is 8.35. The predicted octanol–water partition coefficient (Wildman–Crippen LogP) is 1.91. The van der Waals surface area contributed by atoms with Crippen molar-refractivity contribution < 1.29 is 0 Å². The molecule has 3 heteroatoms. The van der Waals surface area contributed by atoms with Crippen LogP contribution in [0.1, 0.15) is 5.56 Å². The maximum Gasteiger partial charge on any atom is 0.110 e. The van der Waals surface area contributed by atoms with Crippen molar-refractivity contribution in [2.24, 2.45) is 0 Å². The smallest absolute Gasteiger partial charge is 0.110 e. The predicted molar refractivity (Wildman–Crippen MR) is 41.3 cm³/mol. The van der Waals surface area contributed by atoms with E-state index in [2.05, 4.69) is 27.0 Å². The van der Waals surface area contributed by atoms with E-state index in [1.54, 1.807) is 6.20 Å². The molecule has 0 N–H and O–H groups in total. The second-order valence-electron chi connectivity index (χ2n) is 1.79. The highest BCUT2D eigenvalue weighted by Crippen LogP contribution is 2.11. The minimum Gasteiger partial charge on any atom is -0.249 e. The van der Waals surface area contributed by atoms with Crippen molar-refractivity contribution in [2.45, 2.75) is 6.42 Å². The van der Waals surface area contributed by atoms with Crippen LogP contribution in [0.15, 0.2) is 22.9 Å². The van der Waals surface area contributed by atoms with Crippen molar-refractivity contribution >= 4 is 15.9 Å². The van der Waals surface area contributed by atoms with Gasteiger partial charge in [-0.05, 0) is 27.6 Å². The Morgan fingerprint density at radius 3 is 3.10 bits per heavy atom. The van der Waals surface area contributed by atoms with Crippen LogP contribution in [-0.4, -0.2) is 4.98 Å². The number of hydrogen-bond acceptors (Lipinski definition) is 2. The van der Waals surface area contributed by atoms with Gasteiger partial charge < -0.3 is 0 Å². The molecular formula is C7H5BrN2. The molecule has 0 amide bonds. The van der Waals surface area contributed by atoms with Gasteiger partial charge in [0, 0.05) is 6.20 Å². The van der Waals surface area contributed by atoms with Crippen LogP contribution >= 0.6 is 15.9 Å². The van der Waals surface area contributed by atoms with E-state index in [4.69, 9.17) is 5.26 Å². The maximum atomic E-state index is 8.35. The van der Waals surface area contributed by atoms with Gasteiger partial charge in [0.25, 0.3) is 0 Å². The third kappa shape index (κ3) is 1.55. The molecule has 0 atom stereocenters. The molecule has 0 fully saturated rings. The lowest BCUT2D eigenvalue weighted by molar-refractivity contribution is 1.15. The number of hydrogen-bond donors (Lipinski definition) is 0. The topological polar surface area (TPSA) is 36.7 Å². The second kappa shape index (κ2) is 3.33. The lowest BCUT2D eigenvalue weighted by Gasteiger charge is -1.94. The molecule has 1 rings (SSSR count). The van der Waals surface area contributed by atoms with E-state index in [0.717, 1.165) is 10.2 Å². The number of halogens is 1. The van der Waals surface area contributed by atoms with Crippen molar-refractivity contribution in [2.75, 3.05) is 0 Å². The Morgan fingerprint density at radius 1 is 1.70 bits per heavy atom. The summed E-state index contributed by atoms with van der Waals surface area (Å²) in [6, 6.07) is 5.75. The van der Waals surface area contributed by atoms with Gasteiger partial charge in [0.05, 0.1) is 12.5 Å². The quantitative estimate of drug-likeness (QED) is 0.644. The largest absolute Gasteiger partial charge is 0.249 e. The van der Waals surface area contributed by atoms with Gasteiger partial charge in [-0.25, -0.2) is 4.98 Å². The summed E-state index contributed by atoms with van der Waals surface area (Å²) < 4.78 is 0.761. The van der Waals surface area contributed by atoms with Gasteiger partial charge in [-0.1, -0.05) is 6.07 Å². The third-order valence-corrected chi connectivity index (χ3v) is 1.82. The van der Waals surface area contributed by atoms with Gasteiger partial charge in [-0.3, -0.25) is 0 Å². The summed E-state index contributed by atoms with van der Waals surface area (Å²) in [4.78, 5) is 3.96. The van der Waals surface area contributed by atoms with Gasteiger partial charge in [0.15, 0.2) is 0 Å². The summed E-state index contributed by atoms with van der Waals surface area (Å²) in [5.41, 5.74) is 0.935. The van der Waals surface area contributed by atoms with Crippen LogP contribution in [0.25, 0.3) is 0 Å². The van der Waals surface area contributed by atoms with Gasteiger partial charge in [0.2, 0.25) is 0 Å². The Hall–Kier alpha value is -0.880. The average Bonchev–Trinajstić information content (AvgIpc) is 1.94. The summed E-state index contributed by atoms with van der Waals surface area (Å²) in [7, 11) is 0. The minimum atomic E-state index is 0.411. The number of pyridine rings is 1. The van der Waals surface area contributed by atoms with Crippen LogP contribution in [0.3, 0.4) is 0 Å². The monoisotopic (exact) mass is 196 g/mol.